The van der Waals surface area contributed by atoms with Crippen LogP contribution >= 0.6 is 11.6 Å². The van der Waals surface area contributed by atoms with E-state index in [-0.39, 0.29) is 16.9 Å². The molecule has 9 heteroatoms. The van der Waals surface area contributed by atoms with E-state index in [1.807, 2.05) is 6.92 Å². The maximum atomic E-state index is 12.3. The summed E-state index contributed by atoms with van der Waals surface area (Å²) in [5, 5.41) is 6.79. The van der Waals surface area contributed by atoms with E-state index in [1.54, 1.807) is 19.2 Å². The van der Waals surface area contributed by atoms with E-state index in [4.69, 9.17) is 21.3 Å². The van der Waals surface area contributed by atoms with Crippen LogP contribution in [0.25, 0.3) is 0 Å². The van der Waals surface area contributed by atoms with Crippen LogP contribution in [0.15, 0.2) is 34.2 Å². The number of aliphatic imine (C=N–C) groups is 1. The van der Waals surface area contributed by atoms with E-state index in [0.717, 1.165) is 26.1 Å². The Balaban J connectivity index is 1.84. The number of hydrogen-bond acceptors (Lipinski definition) is 4. The monoisotopic (exact) mass is 430 g/mol. The van der Waals surface area contributed by atoms with Gasteiger partial charge >= 0.3 is 0 Å². The standard InChI is InChI=1S/C19H31ClN4O3S/c1-3-21-18(23-15-19(8-5-9-19)10-13-27-2)22-11-12-24-28(25,26)17-7-4-6-16(20)14-17/h4,6-7,14,24H,3,5,8-13,15H2,1-2H3,(H2,21,22,23). The highest BCUT2D eigenvalue weighted by Crippen LogP contribution is 2.44. The van der Waals surface area contributed by atoms with E-state index in [0.29, 0.717) is 17.5 Å². The summed E-state index contributed by atoms with van der Waals surface area (Å²) in [5.41, 5.74) is 0.243. The predicted molar refractivity (Wildman–Crippen MR) is 113 cm³/mol. The Labute approximate surface area is 173 Å². The molecule has 28 heavy (non-hydrogen) atoms. The van der Waals surface area contributed by atoms with Crippen LogP contribution < -0.4 is 15.4 Å². The molecule has 1 aliphatic carbocycles. The van der Waals surface area contributed by atoms with Gasteiger partial charge in [-0.25, -0.2) is 13.1 Å². The molecule has 0 atom stereocenters. The Morgan fingerprint density at radius 3 is 2.68 bits per heavy atom. The number of methoxy groups -OCH3 is 1. The van der Waals surface area contributed by atoms with Gasteiger partial charge < -0.3 is 15.4 Å². The molecule has 3 N–H and O–H groups in total. The minimum Gasteiger partial charge on any atom is -0.385 e. The molecule has 1 saturated carbocycles. The summed E-state index contributed by atoms with van der Waals surface area (Å²) in [5.74, 6) is 0.702. The molecule has 1 aliphatic rings. The number of nitrogens with zero attached hydrogens (tertiary/aromatic N) is 1. The Morgan fingerprint density at radius 1 is 1.29 bits per heavy atom. The van der Waals surface area contributed by atoms with Gasteiger partial charge in [-0.1, -0.05) is 24.1 Å². The molecule has 0 radical (unpaired) electrons. The van der Waals surface area contributed by atoms with Crippen molar-refractivity contribution in [3.05, 3.63) is 29.3 Å². The van der Waals surface area contributed by atoms with Gasteiger partial charge in [-0.2, -0.15) is 0 Å². The number of hydrogen-bond donors (Lipinski definition) is 3. The molecular weight excluding hydrogens is 400 g/mol. The van der Waals surface area contributed by atoms with Crippen LogP contribution in [0.5, 0.6) is 0 Å². The molecule has 0 saturated heterocycles. The highest BCUT2D eigenvalue weighted by atomic mass is 35.5. The van der Waals surface area contributed by atoms with Crippen LogP contribution in [0.1, 0.15) is 32.6 Å². The molecular formula is C19H31ClN4O3S. The second-order valence-electron chi connectivity index (χ2n) is 7.07. The molecule has 0 amide bonds. The van der Waals surface area contributed by atoms with Crippen LogP contribution in [-0.2, 0) is 14.8 Å². The molecule has 0 aromatic heterocycles. The van der Waals surface area contributed by atoms with Gasteiger partial charge in [0.2, 0.25) is 10.0 Å². The zero-order valence-electron chi connectivity index (χ0n) is 16.6. The Hall–Kier alpha value is -1.35. The van der Waals surface area contributed by atoms with Crippen molar-refractivity contribution in [1.29, 1.82) is 0 Å². The first-order valence-corrected chi connectivity index (χ1v) is 11.5. The van der Waals surface area contributed by atoms with Crippen molar-refractivity contribution in [2.75, 3.05) is 39.9 Å². The third-order valence-electron chi connectivity index (χ3n) is 4.98. The summed E-state index contributed by atoms with van der Waals surface area (Å²) in [7, 11) is -1.85. The number of nitrogens with one attached hydrogen (secondary N) is 3. The van der Waals surface area contributed by atoms with Gasteiger partial charge in [0.25, 0.3) is 0 Å². The van der Waals surface area contributed by atoms with Gasteiger partial charge in [0, 0.05) is 44.9 Å². The average molecular weight is 431 g/mol. The Morgan fingerprint density at radius 2 is 2.07 bits per heavy atom. The molecule has 0 spiro atoms. The van der Waals surface area contributed by atoms with E-state index in [1.165, 1.54) is 31.4 Å². The lowest BCUT2D eigenvalue weighted by atomic mass is 9.67. The van der Waals surface area contributed by atoms with E-state index in [2.05, 4.69) is 15.4 Å². The second-order valence-corrected chi connectivity index (χ2v) is 9.28. The fraction of sp³-hybridized carbons (Fsp3) is 0.632. The van der Waals surface area contributed by atoms with Crippen molar-refractivity contribution >= 4 is 27.6 Å². The van der Waals surface area contributed by atoms with Gasteiger partial charge in [0.15, 0.2) is 5.96 Å². The highest BCUT2D eigenvalue weighted by Gasteiger charge is 2.36. The first kappa shape index (κ1) is 22.9. The highest BCUT2D eigenvalue weighted by molar-refractivity contribution is 7.89. The SMILES string of the molecule is CCNC(=NCC1(CCOC)CCC1)NCCNS(=O)(=O)c1cccc(Cl)c1. The minimum atomic E-state index is -3.58. The molecule has 1 aromatic rings. The van der Waals surface area contributed by atoms with Gasteiger partial charge in [0.1, 0.15) is 0 Å². The van der Waals surface area contributed by atoms with Crippen molar-refractivity contribution in [3.8, 4) is 0 Å². The van der Waals surface area contributed by atoms with Gasteiger partial charge in [-0.05, 0) is 49.8 Å². The molecule has 0 bridgehead atoms. The van der Waals surface area contributed by atoms with Crippen LogP contribution in [0.2, 0.25) is 5.02 Å². The Kier molecular flexibility index (Phi) is 9.01. The fourth-order valence-electron chi connectivity index (χ4n) is 3.15. The van der Waals surface area contributed by atoms with Crippen molar-refractivity contribution in [3.63, 3.8) is 0 Å². The largest absolute Gasteiger partial charge is 0.385 e. The second kappa shape index (κ2) is 11.0. The topological polar surface area (TPSA) is 91.8 Å². The van der Waals surface area contributed by atoms with E-state index >= 15 is 0 Å². The number of sulfonamides is 1. The Bertz CT molecular complexity index is 751. The molecule has 2 rings (SSSR count). The van der Waals surface area contributed by atoms with Crippen LogP contribution in [0, 0.1) is 5.41 Å². The summed E-state index contributed by atoms with van der Waals surface area (Å²) in [4.78, 5) is 4.87. The molecule has 1 fully saturated rings. The summed E-state index contributed by atoms with van der Waals surface area (Å²) in [6, 6.07) is 6.21. The smallest absolute Gasteiger partial charge is 0.240 e. The van der Waals surface area contributed by atoms with Gasteiger partial charge in [-0.3, -0.25) is 4.99 Å². The van der Waals surface area contributed by atoms with Gasteiger partial charge in [-0.15, -0.1) is 0 Å². The lowest BCUT2D eigenvalue weighted by Crippen LogP contribution is -2.43. The van der Waals surface area contributed by atoms with E-state index < -0.39 is 10.0 Å². The molecule has 7 nitrogen and oxygen atoms in total. The summed E-state index contributed by atoms with van der Waals surface area (Å²) in [6.07, 6.45) is 4.62. The lowest BCUT2D eigenvalue weighted by molar-refractivity contribution is 0.0778. The van der Waals surface area contributed by atoms with Crippen LogP contribution in [0.3, 0.4) is 0 Å². The lowest BCUT2D eigenvalue weighted by Gasteiger charge is -2.40. The zero-order chi connectivity index (χ0) is 20.5. The number of rotatable bonds is 11. The summed E-state index contributed by atoms with van der Waals surface area (Å²) >= 11 is 5.87. The number of guanidine groups is 1. The number of halogens is 1. The molecule has 1 aromatic carbocycles. The maximum Gasteiger partial charge on any atom is 0.240 e. The summed E-state index contributed by atoms with van der Waals surface area (Å²) < 4.78 is 32.4. The normalized spacial score (nSPS) is 16.5. The van der Waals surface area contributed by atoms with Crippen molar-refractivity contribution < 1.29 is 13.2 Å². The molecule has 0 aliphatic heterocycles. The molecule has 0 unspecified atom stereocenters. The quantitative estimate of drug-likeness (QED) is 0.285. The number of benzene rings is 1. The third-order valence-corrected chi connectivity index (χ3v) is 6.68. The van der Waals surface area contributed by atoms with Crippen LogP contribution in [0.4, 0.5) is 0 Å². The van der Waals surface area contributed by atoms with Gasteiger partial charge in [0.05, 0.1) is 4.90 Å². The fourth-order valence-corrected chi connectivity index (χ4v) is 4.49. The summed E-state index contributed by atoms with van der Waals surface area (Å²) in [6.45, 7) is 4.92. The predicted octanol–water partition coefficient (Wildman–Crippen LogP) is 2.38. The van der Waals surface area contributed by atoms with Crippen molar-refractivity contribution in [2.45, 2.75) is 37.5 Å². The van der Waals surface area contributed by atoms with Crippen molar-refractivity contribution in [1.82, 2.24) is 15.4 Å². The van der Waals surface area contributed by atoms with Crippen LogP contribution in [-0.4, -0.2) is 54.3 Å². The maximum absolute atomic E-state index is 12.3. The first-order chi connectivity index (χ1) is 13.4. The average Bonchev–Trinajstić information content (AvgIpc) is 2.64. The minimum absolute atomic E-state index is 0.158. The molecule has 158 valence electrons. The third kappa shape index (κ3) is 6.92. The number of ether oxygens (including phenoxy) is 1. The first-order valence-electron chi connectivity index (χ1n) is 9.67. The van der Waals surface area contributed by atoms with Crippen molar-refractivity contribution in [2.24, 2.45) is 10.4 Å². The molecule has 0 heterocycles. The zero-order valence-corrected chi connectivity index (χ0v) is 18.2. The van der Waals surface area contributed by atoms with E-state index in [9.17, 15) is 8.42 Å².